The lowest BCUT2D eigenvalue weighted by atomic mass is 10.1. The summed E-state index contributed by atoms with van der Waals surface area (Å²) in [6, 6.07) is 12.9. The molecule has 0 heterocycles. The monoisotopic (exact) mass is 352 g/mol. The second-order valence-electron chi connectivity index (χ2n) is 4.55. The molecule has 0 saturated carbocycles. The van der Waals surface area contributed by atoms with E-state index in [2.05, 4.69) is 10.6 Å². The number of hydrogen-bond donors (Lipinski definition) is 2. The van der Waals surface area contributed by atoms with Crippen molar-refractivity contribution >= 4 is 35.1 Å². The van der Waals surface area contributed by atoms with Crippen LogP contribution in [-0.4, -0.2) is 19.0 Å². The van der Waals surface area contributed by atoms with Crippen LogP contribution in [0.5, 0.6) is 5.75 Å². The van der Waals surface area contributed by atoms with Crippen molar-refractivity contribution in [3.8, 4) is 5.75 Å². The highest BCUT2D eigenvalue weighted by Gasteiger charge is 2.24. The Bertz CT molecular complexity index is 708. The zero-order valence-corrected chi connectivity index (χ0v) is 13.7. The van der Waals surface area contributed by atoms with Gasteiger partial charge in [-0.1, -0.05) is 53.5 Å². The van der Waals surface area contributed by atoms with Crippen molar-refractivity contribution in [2.45, 2.75) is 6.10 Å². The minimum atomic E-state index is -1.01. The Morgan fingerprint density at radius 3 is 2.35 bits per heavy atom. The van der Waals surface area contributed by atoms with Crippen LogP contribution in [0, 0.1) is 0 Å². The number of ether oxygens (including phenoxy) is 1. The predicted octanol–water partition coefficient (Wildman–Crippen LogP) is 3.57. The molecular formula is C16H14Cl2N2O3. The van der Waals surface area contributed by atoms with Gasteiger partial charge in [0.1, 0.15) is 5.75 Å². The number of benzene rings is 2. The van der Waals surface area contributed by atoms with E-state index in [1.54, 1.807) is 36.4 Å². The van der Waals surface area contributed by atoms with Crippen molar-refractivity contribution in [3.05, 3.63) is 64.1 Å². The first-order valence-electron chi connectivity index (χ1n) is 6.70. The summed E-state index contributed by atoms with van der Waals surface area (Å²) in [5, 5.41) is 5.21. The van der Waals surface area contributed by atoms with Gasteiger partial charge in [-0.15, -0.1) is 0 Å². The van der Waals surface area contributed by atoms with Crippen molar-refractivity contribution in [2.24, 2.45) is 0 Å². The highest BCUT2D eigenvalue weighted by molar-refractivity contribution is 6.42. The number of imide groups is 1. The molecule has 0 aliphatic carbocycles. The summed E-state index contributed by atoms with van der Waals surface area (Å²) in [4.78, 5) is 23.7. The Labute approximate surface area is 143 Å². The average molecular weight is 353 g/mol. The molecule has 2 rings (SSSR count). The van der Waals surface area contributed by atoms with Crippen LogP contribution in [0.4, 0.5) is 4.79 Å². The first-order chi connectivity index (χ1) is 11.0. The second kappa shape index (κ2) is 7.85. The van der Waals surface area contributed by atoms with Gasteiger partial charge in [-0.2, -0.15) is 0 Å². The number of nitrogens with one attached hydrogen (secondary N) is 2. The molecule has 2 aromatic carbocycles. The van der Waals surface area contributed by atoms with E-state index in [0.717, 1.165) is 0 Å². The lowest BCUT2D eigenvalue weighted by Crippen LogP contribution is -2.41. The first kappa shape index (κ1) is 17.1. The van der Waals surface area contributed by atoms with Gasteiger partial charge < -0.3 is 10.1 Å². The van der Waals surface area contributed by atoms with Crippen molar-refractivity contribution < 1.29 is 14.3 Å². The number of rotatable bonds is 4. The summed E-state index contributed by atoms with van der Waals surface area (Å²) in [6.07, 6.45) is -1.01. The largest absolute Gasteiger partial charge is 0.476 e. The SMILES string of the molecule is CNC(=O)NC(=O)[C@@H](Oc1ccc(Cl)c(Cl)c1)c1ccccc1. The molecule has 0 saturated heterocycles. The van der Waals surface area contributed by atoms with Crippen molar-refractivity contribution in [1.82, 2.24) is 10.6 Å². The van der Waals surface area contributed by atoms with Crippen LogP contribution in [0.15, 0.2) is 48.5 Å². The zero-order chi connectivity index (χ0) is 16.8. The molecule has 0 aliphatic heterocycles. The average Bonchev–Trinajstić information content (AvgIpc) is 2.56. The Morgan fingerprint density at radius 2 is 1.74 bits per heavy atom. The van der Waals surface area contributed by atoms with Gasteiger partial charge in [0.25, 0.3) is 5.91 Å². The summed E-state index contributed by atoms with van der Waals surface area (Å²) in [7, 11) is 1.42. The van der Waals surface area contributed by atoms with Gasteiger partial charge in [-0.05, 0) is 12.1 Å². The number of urea groups is 1. The molecule has 5 nitrogen and oxygen atoms in total. The summed E-state index contributed by atoms with van der Waals surface area (Å²) >= 11 is 11.8. The number of carbonyl (C=O) groups excluding carboxylic acids is 2. The van der Waals surface area contributed by atoms with Crippen LogP contribution >= 0.6 is 23.2 Å². The van der Waals surface area contributed by atoms with Gasteiger partial charge in [0.2, 0.25) is 6.10 Å². The Morgan fingerprint density at radius 1 is 1.04 bits per heavy atom. The van der Waals surface area contributed by atoms with Crippen LogP contribution in [-0.2, 0) is 4.79 Å². The van der Waals surface area contributed by atoms with Crippen LogP contribution < -0.4 is 15.4 Å². The Kier molecular flexibility index (Phi) is 5.84. The molecule has 0 aromatic heterocycles. The van der Waals surface area contributed by atoms with Gasteiger partial charge in [-0.25, -0.2) is 4.79 Å². The standard InChI is InChI=1S/C16H14Cl2N2O3/c1-19-16(22)20-15(21)14(10-5-3-2-4-6-10)23-11-7-8-12(17)13(18)9-11/h2-9,14H,1H3,(H2,19,20,21,22)/t14-/m0/s1. The van der Waals surface area contributed by atoms with E-state index < -0.39 is 18.0 Å². The zero-order valence-electron chi connectivity index (χ0n) is 12.2. The van der Waals surface area contributed by atoms with E-state index in [9.17, 15) is 9.59 Å². The maximum atomic E-state index is 12.3. The summed E-state index contributed by atoms with van der Waals surface area (Å²) in [5.41, 5.74) is 0.597. The minimum Gasteiger partial charge on any atom is -0.476 e. The predicted molar refractivity (Wildman–Crippen MR) is 88.9 cm³/mol. The lowest BCUT2D eigenvalue weighted by Gasteiger charge is -2.19. The van der Waals surface area contributed by atoms with E-state index in [1.165, 1.54) is 13.1 Å². The molecule has 0 spiro atoms. The smallest absolute Gasteiger partial charge is 0.321 e. The molecule has 0 unspecified atom stereocenters. The quantitative estimate of drug-likeness (QED) is 0.883. The van der Waals surface area contributed by atoms with Crippen molar-refractivity contribution in [2.75, 3.05) is 7.05 Å². The van der Waals surface area contributed by atoms with Crippen LogP contribution in [0.3, 0.4) is 0 Å². The van der Waals surface area contributed by atoms with Crippen LogP contribution in [0.25, 0.3) is 0 Å². The van der Waals surface area contributed by atoms with E-state index >= 15 is 0 Å². The number of carbonyl (C=O) groups is 2. The Balaban J connectivity index is 2.28. The third kappa shape index (κ3) is 4.61. The molecule has 2 aromatic rings. The van der Waals surface area contributed by atoms with Crippen molar-refractivity contribution in [3.63, 3.8) is 0 Å². The minimum absolute atomic E-state index is 0.308. The fraction of sp³-hybridized carbons (Fsp3) is 0.125. The second-order valence-corrected chi connectivity index (χ2v) is 5.37. The van der Waals surface area contributed by atoms with Gasteiger partial charge in [0, 0.05) is 18.7 Å². The summed E-state index contributed by atoms with van der Waals surface area (Å²) in [5.74, 6) is -0.234. The number of hydrogen-bond acceptors (Lipinski definition) is 3. The first-order valence-corrected chi connectivity index (χ1v) is 7.46. The van der Waals surface area contributed by atoms with E-state index in [4.69, 9.17) is 27.9 Å². The van der Waals surface area contributed by atoms with E-state index in [-0.39, 0.29) is 0 Å². The van der Waals surface area contributed by atoms with Crippen molar-refractivity contribution in [1.29, 1.82) is 0 Å². The van der Waals surface area contributed by atoms with Crippen LogP contribution in [0.1, 0.15) is 11.7 Å². The molecule has 3 amide bonds. The fourth-order valence-electron chi connectivity index (χ4n) is 1.83. The van der Waals surface area contributed by atoms with Gasteiger partial charge in [0.05, 0.1) is 10.0 Å². The molecule has 0 aliphatic rings. The summed E-state index contributed by atoms with van der Waals surface area (Å²) < 4.78 is 5.71. The highest BCUT2D eigenvalue weighted by Crippen LogP contribution is 2.29. The summed E-state index contributed by atoms with van der Waals surface area (Å²) in [6.45, 7) is 0. The maximum absolute atomic E-state index is 12.3. The topological polar surface area (TPSA) is 67.4 Å². The van der Waals surface area contributed by atoms with Gasteiger partial charge >= 0.3 is 6.03 Å². The van der Waals surface area contributed by atoms with E-state index in [0.29, 0.717) is 21.4 Å². The molecule has 0 bridgehead atoms. The van der Waals surface area contributed by atoms with Gasteiger partial charge in [-0.3, -0.25) is 10.1 Å². The maximum Gasteiger partial charge on any atom is 0.321 e. The third-order valence-corrected chi connectivity index (χ3v) is 3.69. The molecule has 7 heteroatoms. The molecule has 23 heavy (non-hydrogen) atoms. The lowest BCUT2D eigenvalue weighted by molar-refractivity contribution is -0.127. The molecule has 0 radical (unpaired) electrons. The number of amides is 3. The van der Waals surface area contributed by atoms with E-state index in [1.807, 2.05) is 6.07 Å². The molecule has 2 N–H and O–H groups in total. The molecule has 0 fully saturated rings. The molecule has 120 valence electrons. The molecular weight excluding hydrogens is 339 g/mol. The molecule has 1 atom stereocenters. The number of halogens is 2. The highest BCUT2D eigenvalue weighted by atomic mass is 35.5. The Hall–Kier alpha value is -2.24. The fourth-order valence-corrected chi connectivity index (χ4v) is 2.12. The third-order valence-electron chi connectivity index (χ3n) is 2.95. The normalized spacial score (nSPS) is 11.4. The van der Waals surface area contributed by atoms with Crippen LogP contribution in [0.2, 0.25) is 10.0 Å². The van der Waals surface area contributed by atoms with Gasteiger partial charge in [0.15, 0.2) is 0 Å².